The molecule has 3 N–H and O–H groups in total. The summed E-state index contributed by atoms with van der Waals surface area (Å²) >= 11 is 0. The van der Waals surface area contributed by atoms with Gasteiger partial charge < -0.3 is 20.5 Å². The summed E-state index contributed by atoms with van der Waals surface area (Å²) in [7, 11) is 3.03. The van der Waals surface area contributed by atoms with E-state index < -0.39 is 11.8 Å². The van der Waals surface area contributed by atoms with Gasteiger partial charge in [0.05, 0.1) is 31.0 Å². The molecule has 0 saturated carbocycles. The summed E-state index contributed by atoms with van der Waals surface area (Å²) in [5, 5.41) is 2.69. The Labute approximate surface area is 134 Å². The van der Waals surface area contributed by atoms with Crippen molar-refractivity contribution in [2.75, 3.05) is 19.5 Å². The average Bonchev–Trinajstić information content (AvgIpc) is 2.54. The van der Waals surface area contributed by atoms with Crippen LogP contribution in [0.25, 0.3) is 0 Å². The number of hydrogen-bond donors (Lipinski definition) is 2. The summed E-state index contributed by atoms with van der Waals surface area (Å²) in [6.45, 7) is 1.80. The van der Waals surface area contributed by atoms with Crippen molar-refractivity contribution in [3.05, 3.63) is 53.1 Å². The number of anilines is 1. The van der Waals surface area contributed by atoms with Crippen molar-refractivity contribution < 1.29 is 19.1 Å². The molecule has 0 bridgehead atoms. The number of primary amides is 1. The molecule has 6 heteroatoms. The molecule has 0 saturated heterocycles. The smallest absolute Gasteiger partial charge is 0.259 e. The summed E-state index contributed by atoms with van der Waals surface area (Å²) < 4.78 is 10.5. The lowest BCUT2D eigenvalue weighted by Gasteiger charge is -2.15. The fourth-order valence-corrected chi connectivity index (χ4v) is 2.33. The zero-order chi connectivity index (χ0) is 17.0. The first-order valence-electron chi connectivity index (χ1n) is 6.91. The third kappa shape index (κ3) is 3.26. The van der Waals surface area contributed by atoms with Gasteiger partial charge in [0, 0.05) is 5.56 Å². The van der Waals surface area contributed by atoms with Crippen LogP contribution in [0, 0.1) is 6.92 Å². The number of ether oxygens (including phenoxy) is 2. The van der Waals surface area contributed by atoms with Crippen LogP contribution in [0.4, 0.5) is 5.69 Å². The Bertz CT molecular complexity index is 756. The fraction of sp³-hybridized carbons (Fsp3) is 0.176. The summed E-state index contributed by atoms with van der Waals surface area (Å²) in [5.74, 6) is 0.0226. The highest BCUT2D eigenvalue weighted by atomic mass is 16.5. The molecule has 2 amide bonds. The van der Waals surface area contributed by atoms with Crippen molar-refractivity contribution >= 4 is 17.5 Å². The quantitative estimate of drug-likeness (QED) is 0.886. The van der Waals surface area contributed by atoms with Crippen molar-refractivity contribution in [3.63, 3.8) is 0 Å². The van der Waals surface area contributed by atoms with E-state index in [9.17, 15) is 9.59 Å². The van der Waals surface area contributed by atoms with Gasteiger partial charge in [-0.25, -0.2) is 0 Å². The summed E-state index contributed by atoms with van der Waals surface area (Å²) in [6.07, 6.45) is 0. The van der Waals surface area contributed by atoms with Crippen molar-refractivity contribution in [1.82, 2.24) is 0 Å². The molecular formula is C17H18N2O4. The van der Waals surface area contributed by atoms with Gasteiger partial charge in [-0.3, -0.25) is 9.59 Å². The van der Waals surface area contributed by atoms with Crippen LogP contribution in [0.15, 0.2) is 36.4 Å². The summed E-state index contributed by atoms with van der Waals surface area (Å²) in [5.41, 5.74) is 6.96. The highest BCUT2D eigenvalue weighted by Crippen LogP contribution is 2.31. The number of carbonyl (C=O) groups excluding carboxylic acids is 2. The molecule has 0 aliphatic heterocycles. The molecule has 0 aromatic heterocycles. The number of methoxy groups -OCH3 is 2. The first-order chi connectivity index (χ1) is 11.0. The molecule has 0 unspecified atom stereocenters. The number of para-hydroxylation sites is 1. The molecule has 23 heavy (non-hydrogen) atoms. The van der Waals surface area contributed by atoms with E-state index in [1.807, 2.05) is 0 Å². The zero-order valence-electron chi connectivity index (χ0n) is 13.2. The van der Waals surface area contributed by atoms with Crippen molar-refractivity contribution in [1.29, 1.82) is 0 Å². The van der Waals surface area contributed by atoms with Crippen LogP contribution >= 0.6 is 0 Å². The minimum absolute atomic E-state index is 0.241. The minimum Gasteiger partial charge on any atom is -0.496 e. The third-order valence-corrected chi connectivity index (χ3v) is 3.47. The van der Waals surface area contributed by atoms with Crippen LogP contribution in [0.3, 0.4) is 0 Å². The van der Waals surface area contributed by atoms with E-state index in [-0.39, 0.29) is 5.56 Å². The lowest BCUT2D eigenvalue weighted by molar-refractivity contribution is 0.100. The van der Waals surface area contributed by atoms with Gasteiger partial charge in [-0.2, -0.15) is 0 Å². The predicted molar refractivity (Wildman–Crippen MR) is 87.2 cm³/mol. The van der Waals surface area contributed by atoms with E-state index in [2.05, 4.69) is 5.32 Å². The molecule has 0 atom stereocenters. The van der Waals surface area contributed by atoms with E-state index in [0.717, 1.165) is 0 Å². The number of nitrogens with two attached hydrogens (primary N) is 1. The van der Waals surface area contributed by atoms with Crippen LogP contribution in [0.2, 0.25) is 0 Å². The largest absolute Gasteiger partial charge is 0.496 e. The topological polar surface area (TPSA) is 90.6 Å². The van der Waals surface area contributed by atoms with Crippen LogP contribution in [-0.4, -0.2) is 26.0 Å². The van der Waals surface area contributed by atoms with Gasteiger partial charge in [-0.1, -0.05) is 12.1 Å². The number of amides is 2. The van der Waals surface area contributed by atoms with E-state index in [1.165, 1.54) is 7.11 Å². The second kappa shape index (κ2) is 6.83. The Morgan fingerprint density at radius 1 is 1.00 bits per heavy atom. The lowest BCUT2D eigenvalue weighted by atomic mass is 10.1. The molecule has 120 valence electrons. The molecule has 0 fully saturated rings. The Morgan fingerprint density at radius 2 is 1.70 bits per heavy atom. The molecule has 0 aliphatic carbocycles. The van der Waals surface area contributed by atoms with Gasteiger partial charge in [0.15, 0.2) is 0 Å². The van der Waals surface area contributed by atoms with E-state index in [4.69, 9.17) is 15.2 Å². The molecule has 0 heterocycles. The average molecular weight is 314 g/mol. The number of carbonyl (C=O) groups is 2. The highest BCUT2D eigenvalue weighted by Gasteiger charge is 2.18. The summed E-state index contributed by atoms with van der Waals surface area (Å²) in [4.78, 5) is 24.0. The number of nitrogens with one attached hydrogen (secondary N) is 1. The van der Waals surface area contributed by atoms with E-state index >= 15 is 0 Å². The molecule has 6 nitrogen and oxygen atoms in total. The first-order valence-corrected chi connectivity index (χ1v) is 6.91. The molecule has 0 radical (unpaired) electrons. The van der Waals surface area contributed by atoms with Gasteiger partial charge >= 0.3 is 0 Å². The highest BCUT2D eigenvalue weighted by molar-refractivity contribution is 6.10. The fourth-order valence-electron chi connectivity index (χ4n) is 2.33. The molecule has 0 spiro atoms. The summed E-state index contributed by atoms with van der Waals surface area (Å²) in [6, 6.07) is 9.83. The third-order valence-electron chi connectivity index (χ3n) is 3.47. The van der Waals surface area contributed by atoms with Crippen LogP contribution in [0.5, 0.6) is 11.5 Å². The van der Waals surface area contributed by atoms with Gasteiger partial charge in [-0.05, 0) is 31.2 Å². The Balaban J connectivity index is 2.39. The Hall–Kier alpha value is -3.02. The van der Waals surface area contributed by atoms with E-state index in [1.54, 1.807) is 50.4 Å². The number of benzene rings is 2. The molecular weight excluding hydrogens is 296 g/mol. The Morgan fingerprint density at radius 3 is 2.30 bits per heavy atom. The number of hydrogen-bond acceptors (Lipinski definition) is 4. The number of rotatable bonds is 5. The SMILES string of the molecule is COc1ccc(C(=O)Nc2ccccc2C(N)=O)c(OC)c1C. The van der Waals surface area contributed by atoms with Crippen molar-refractivity contribution in [3.8, 4) is 11.5 Å². The van der Waals surface area contributed by atoms with Gasteiger partial charge in [0.1, 0.15) is 11.5 Å². The Kier molecular flexibility index (Phi) is 4.85. The maximum Gasteiger partial charge on any atom is 0.259 e. The monoisotopic (exact) mass is 314 g/mol. The molecule has 0 aliphatic rings. The lowest BCUT2D eigenvalue weighted by Crippen LogP contribution is -2.19. The van der Waals surface area contributed by atoms with Gasteiger partial charge in [0.25, 0.3) is 11.8 Å². The van der Waals surface area contributed by atoms with E-state index in [0.29, 0.717) is 28.3 Å². The predicted octanol–water partition coefficient (Wildman–Crippen LogP) is 2.36. The van der Waals surface area contributed by atoms with Crippen LogP contribution in [0.1, 0.15) is 26.3 Å². The van der Waals surface area contributed by atoms with Gasteiger partial charge in [0.2, 0.25) is 0 Å². The molecule has 2 aromatic rings. The molecule has 2 rings (SSSR count). The second-order valence-corrected chi connectivity index (χ2v) is 4.84. The maximum atomic E-state index is 12.5. The minimum atomic E-state index is -0.612. The van der Waals surface area contributed by atoms with Crippen LogP contribution in [-0.2, 0) is 0 Å². The normalized spacial score (nSPS) is 10.0. The van der Waals surface area contributed by atoms with Crippen molar-refractivity contribution in [2.24, 2.45) is 5.73 Å². The maximum absolute atomic E-state index is 12.5. The zero-order valence-corrected chi connectivity index (χ0v) is 13.2. The van der Waals surface area contributed by atoms with Crippen molar-refractivity contribution in [2.45, 2.75) is 6.92 Å². The molecule has 2 aromatic carbocycles. The van der Waals surface area contributed by atoms with Gasteiger partial charge in [-0.15, -0.1) is 0 Å². The standard InChI is InChI=1S/C17H18N2O4/c1-10-14(22-2)9-8-12(15(10)23-3)17(21)19-13-7-5-4-6-11(13)16(18)20/h4-9H,1-3H3,(H2,18,20)(H,19,21). The second-order valence-electron chi connectivity index (χ2n) is 4.84. The first kappa shape index (κ1) is 16.4. The van der Waals surface area contributed by atoms with Crippen LogP contribution < -0.4 is 20.5 Å².